The van der Waals surface area contributed by atoms with Gasteiger partial charge in [0.15, 0.2) is 0 Å². The Hall–Kier alpha value is -3.78. The monoisotopic (exact) mass is 917 g/mol. The summed E-state index contributed by atoms with van der Waals surface area (Å²) in [5, 5.41) is 0. The standard InChI is InChI=1S/C66H96N2/c1-21-23-46(60(7,8)22-2)25-24-45(3)44-67(48-26-29-53-56(41-48)64(15,16)35-32-61(53,9)10)51-38-47(59(4,5)6)39-52(40-51)68(49-27-30-54-57(42-49)65(17,18)36-33-62(54,11)12)50-28-31-55-58(43-50)66(19,20)37-34-63(55,13)14/h23,26-31,38-43,45H,21-22,24-25,32-37,44H2,1-20H3/b46-23+/t45-/m1/s1. The van der Waals surface area contributed by atoms with E-state index in [4.69, 9.17) is 0 Å². The molecule has 0 heterocycles. The summed E-state index contributed by atoms with van der Waals surface area (Å²) in [6.45, 7) is 49.8. The van der Waals surface area contributed by atoms with E-state index in [1.54, 1.807) is 5.57 Å². The van der Waals surface area contributed by atoms with Gasteiger partial charge >= 0.3 is 0 Å². The van der Waals surface area contributed by atoms with E-state index >= 15 is 0 Å². The van der Waals surface area contributed by atoms with Crippen LogP contribution in [0.25, 0.3) is 0 Å². The third-order valence-electron chi connectivity index (χ3n) is 18.3. The van der Waals surface area contributed by atoms with Crippen LogP contribution in [0.5, 0.6) is 0 Å². The summed E-state index contributed by atoms with van der Waals surface area (Å²) < 4.78 is 0. The Morgan fingerprint density at radius 2 is 0.882 bits per heavy atom. The van der Waals surface area contributed by atoms with Gasteiger partial charge in [-0.05, 0) is 207 Å². The lowest BCUT2D eigenvalue weighted by Crippen LogP contribution is -2.34. The molecule has 2 nitrogen and oxygen atoms in total. The number of rotatable bonds is 13. The Kier molecular flexibility index (Phi) is 13.9. The zero-order valence-electron chi connectivity index (χ0n) is 47.3. The van der Waals surface area contributed by atoms with Crippen LogP contribution in [0.4, 0.5) is 28.4 Å². The highest BCUT2D eigenvalue weighted by Gasteiger charge is 2.41. The first-order chi connectivity index (χ1) is 31.3. The molecule has 3 aliphatic carbocycles. The van der Waals surface area contributed by atoms with E-state index in [9.17, 15) is 0 Å². The second-order valence-electron chi connectivity index (χ2n) is 27.9. The Morgan fingerprint density at radius 1 is 0.500 bits per heavy atom. The largest absolute Gasteiger partial charge is 0.341 e. The van der Waals surface area contributed by atoms with Crippen LogP contribution in [0.2, 0.25) is 0 Å². The van der Waals surface area contributed by atoms with E-state index in [1.165, 1.54) is 112 Å². The molecule has 370 valence electrons. The van der Waals surface area contributed by atoms with Crippen LogP contribution in [0.3, 0.4) is 0 Å². The summed E-state index contributed by atoms with van der Waals surface area (Å²) >= 11 is 0. The van der Waals surface area contributed by atoms with Gasteiger partial charge in [0.25, 0.3) is 0 Å². The molecular formula is C66H96N2. The zero-order chi connectivity index (χ0) is 50.2. The van der Waals surface area contributed by atoms with E-state index in [1.807, 2.05) is 0 Å². The smallest absolute Gasteiger partial charge is 0.0485 e. The molecule has 7 rings (SSSR count). The van der Waals surface area contributed by atoms with Crippen molar-refractivity contribution < 1.29 is 0 Å². The summed E-state index contributed by atoms with van der Waals surface area (Å²) in [6, 6.07) is 30.3. The average Bonchev–Trinajstić information content (AvgIpc) is 3.26. The molecule has 0 aromatic heterocycles. The SMILES string of the molecule is CC/C=C(\CC[C@@H](C)CN(c1cc(N(c2ccc3c(c2)C(C)(C)CCC3(C)C)c2ccc3c(c2)C(C)(C)CCC3(C)C)cc(C(C)(C)C)c1)c1ccc2c(c1)C(C)(C)CCC2(C)C)C(C)(C)CC. The van der Waals surface area contributed by atoms with Crippen LogP contribution >= 0.6 is 0 Å². The van der Waals surface area contributed by atoms with Crippen molar-refractivity contribution in [2.75, 3.05) is 16.3 Å². The number of allylic oxidation sites excluding steroid dienone is 2. The lowest BCUT2D eigenvalue weighted by atomic mass is 9.63. The Bertz CT molecular complexity index is 2430. The molecule has 0 spiro atoms. The van der Waals surface area contributed by atoms with Crippen molar-refractivity contribution in [1.82, 2.24) is 0 Å². The van der Waals surface area contributed by atoms with Gasteiger partial charge in [-0.25, -0.2) is 0 Å². The van der Waals surface area contributed by atoms with Crippen molar-refractivity contribution >= 4 is 28.4 Å². The highest BCUT2D eigenvalue weighted by Crippen LogP contribution is 2.53. The minimum atomic E-state index is -0.0785. The van der Waals surface area contributed by atoms with Gasteiger partial charge < -0.3 is 9.80 Å². The lowest BCUT2D eigenvalue weighted by molar-refractivity contribution is 0.332. The van der Waals surface area contributed by atoms with E-state index < -0.39 is 0 Å². The number of hydrogen-bond donors (Lipinski definition) is 0. The molecule has 0 unspecified atom stereocenters. The van der Waals surface area contributed by atoms with Crippen LogP contribution < -0.4 is 9.80 Å². The van der Waals surface area contributed by atoms with Gasteiger partial charge in [0.05, 0.1) is 0 Å². The third kappa shape index (κ3) is 10.2. The number of nitrogens with zero attached hydrogens (tertiary/aromatic N) is 2. The minimum absolute atomic E-state index is 0.0785. The van der Waals surface area contributed by atoms with Crippen LogP contribution in [0, 0.1) is 11.3 Å². The van der Waals surface area contributed by atoms with Crippen LogP contribution in [0.15, 0.2) is 84.4 Å². The fraction of sp³-hybridized carbons (Fsp3) is 0.606. The van der Waals surface area contributed by atoms with Crippen LogP contribution in [0.1, 0.15) is 242 Å². The van der Waals surface area contributed by atoms with E-state index in [0.717, 1.165) is 25.8 Å². The maximum Gasteiger partial charge on any atom is 0.0485 e. The highest BCUT2D eigenvalue weighted by atomic mass is 15.2. The van der Waals surface area contributed by atoms with Crippen LogP contribution in [-0.4, -0.2) is 6.54 Å². The lowest BCUT2D eigenvalue weighted by Gasteiger charge is -2.43. The quantitative estimate of drug-likeness (QED) is 0.123. The van der Waals surface area contributed by atoms with E-state index in [2.05, 4.69) is 227 Å². The molecular weight excluding hydrogens is 821 g/mol. The maximum atomic E-state index is 2.73. The fourth-order valence-electron chi connectivity index (χ4n) is 12.3. The number of anilines is 5. The first kappa shape index (κ1) is 52.1. The number of fused-ring (bicyclic) bond motifs is 3. The van der Waals surface area contributed by atoms with Gasteiger partial charge in [-0.15, -0.1) is 0 Å². The van der Waals surface area contributed by atoms with Gasteiger partial charge in [0.1, 0.15) is 0 Å². The van der Waals surface area contributed by atoms with Gasteiger partial charge in [0.2, 0.25) is 0 Å². The van der Waals surface area contributed by atoms with Gasteiger partial charge in [-0.3, -0.25) is 0 Å². The van der Waals surface area contributed by atoms with Crippen molar-refractivity contribution in [2.45, 2.75) is 241 Å². The summed E-state index contributed by atoms with van der Waals surface area (Å²) in [5.74, 6) is 0.471. The van der Waals surface area contributed by atoms with Gasteiger partial charge in [-0.1, -0.05) is 168 Å². The fourth-order valence-corrected chi connectivity index (χ4v) is 12.3. The predicted molar refractivity (Wildman–Crippen MR) is 300 cm³/mol. The highest BCUT2D eigenvalue weighted by molar-refractivity contribution is 5.82. The van der Waals surface area contributed by atoms with E-state index in [-0.39, 0.29) is 43.3 Å². The van der Waals surface area contributed by atoms with Crippen molar-refractivity contribution in [3.8, 4) is 0 Å². The summed E-state index contributed by atoms with van der Waals surface area (Å²) in [7, 11) is 0. The van der Waals surface area contributed by atoms with Crippen LogP contribution in [-0.2, 0) is 37.9 Å². The summed E-state index contributed by atoms with van der Waals surface area (Å²) in [5.41, 5.74) is 19.3. The zero-order valence-corrected chi connectivity index (χ0v) is 47.3. The predicted octanol–water partition coefficient (Wildman–Crippen LogP) is 19.8. The number of benzene rings is 4. The first-order valence-corrected chi connectivity index (χ1v) is 27.2. The average molecular weight is 918 g/mol. The Balaban J connectivity index is 1.48. The van der Waals surface area contributed by atoms with Crippen molar-refractivity contribution in [1.29, 1.82) is 0 Å². The maximum absolute atomic E-state index is 2.73. The summed E-state index contributed by atoms with van der Waals surface area (Å²) in [4.78, 5) is 5.37. The van der Waals surface area contributed by atoms with Gasteiger partial charge in [-0.2, -0.15) is 0 Å². The van der Waals surface area contributed by atoms with Crippen molar-refractivity contribution in [3.63, 3.8) is 0 Å². The molecule has 3 aliphatic rings. The molecule has 0 saturated heterocycles. The molecule has 0 amide bonds. The second kappa shape index (κ2) is 18.1. The molecule has 0 aliphatic heterocycles. The van der Waals surface area contributed by atoms with E-state index in [0.29, 0.717) is 5.92 Å². The topological polar surface area (TPSA) is 6.48 Å². The third-order valence-corrected chi connectivity index (χ3v) is 18.3. The van der Waals surface area contributed by atoms with Crippen molar-refractivity contribution in [2.24, 2.45) is 11.3 Å². The molecule has 2 heteroatoms. The normalized spacial score (nSPS) is 20.4. The Labute approximate surface area is 418 Å². The molecule has 0 N–H and O–H groups in total. The van der Waals surface area contributed by atoms with Crippen molar-refractivity contribution in [3.05, 3.63) is 123 Å². The molecule has 0 saturated carbocycles. The molecule has 0 fully saturated rings. The molecule has 4 aromatic carbocycles. The first-order valence-electron chi connectivity index (χ1n) is 27.2. The molecule has 0 radical (unpaired) electrons. The molecule has 1 atom stereocenters. The minimum Gasteiger partial charge on any atom is -0.341 e. The summed E-state index contributed by atoms with van der Waals surface area (Å²) in [6.07, 6.45) is 14.3. The number of hydrogen-bond acceptors (Lipinski definition) is 2. The molecule has 68 heavy (non-hydrogen) atoms. The Morgan fingerprint density at radius 3 is 1.28 bits per heavy atom. The van der Waals surface area contributed by atoms with Gasteiger partial charge in [0, 0.05) is 35.0 Å². The molecule has 0 bridgehead atoms. The molecule has 4 aromatic rings. The second-order valence-corrected chi connectivity index (χ2v) is 27.9.